The molecule has 0 saturated heterocycles. The van der Waals surface area contributed by atoms with Crippen molar-refractivity contribution in [3.63, 3.8) is 0 Å². The Labute approximate surface area is 240 Å². The number of carbonyl (C=O) groups is 1. The van der Waals surface area contributed by atoms with Crippen LogP contribution in [0.1, 0.15) is 65.0 Å². The minimum atomic E-state index is -0.816. The zero-order valence-electron chi connectivity index (χ0n) is 22.8. The maximum atomic E-state index is 13.4. The van der Waals surface area contributed by atoms with Gasteiger partial charge in [-0.2, -0.15) is 9.78 Å². The van der Waals surface area contributed by atoms with Crippen LogP contribution >= 0.6 is 0 Å². The molecule has 5 heterocycles. The monoisotopic (exact) mass is 566 g/mol. The van der Waals surface area contributed by atoms with Crippen LogP contribution in [0.5, 0.6) is 0 Å². The second-order valence-electron chi connectivity index (χ2n) is 10.8. The van der Waals surface area contributed by atoms with Gasteiger partial charge in [-0.15, -0.1) is 0 Å². The number of anilines is 1. The van der Waals surface area contributed by atoms with E-state index in [1.54, 1.807) is 29.1 Å². The van der Waals surface area contributed by atoms with Crippen molar-refractivity contribution in [1.82, 2.24) is 28.9 Å². The summed E-state index contributed by atoms with van der Waals surface area (Å²) in [4.78, 5) is 34.5. The summed E-state index contributed by atoms with van der Waals surface area (Å²) >= 11 is 0. The van der Waals surface area contributed by atoms with Gasteiger partial charge in [0.15, 0.2) is 11.6 Å². The molecule has 5 aromatic rings. The number of primary amides is 1. The van der Waals surface area contributed by atoms with Gasteiger partial charge in [0, 0.05) is 23.4 Å². The number of aromatic nitrogens is 6. The van der Waals surface area contributed by atoms with Gasteiger partial charge in [0.2, 0.25) is 0 Å². The predicted molar refractivity (Wildman–Crippen MR) is 154 cm³/mol. The lowest BCUT2D eigenvalue weighted by molar-refractivity contribution is 0.0389. The molecule has 1 atom stereocenters. The molecule has 0 spiro atoms. The van der Waals surface area contributed by atoms with E-state index in [4.69, 9.17) is 16.2 Å². The van der Waals surface area contributed by atoms with Crippen molar-refractivity contribution < 1.29 is 14.6 Å². The van der Waals surface area contributed by atoms with Crippen LogP contribution in [0.3, 0.4) is 0 Å². The first-order chi connectivity index (χ1) is 20.4. The standard InChI is InChI=1S/C30H30N8O4/c31-28-25-21(15-22(37(25)35-16-34-28)18-8-10-20(39)11-9-18)17-4-6-19(7-5-17)27-26-24(29(32)40)30(41)38(36(26)13-14-42-27)23-3-1-2-12-33-23/h1-7,12,15-16,18,20,27,39H,8-11,13-14H2,(H2,32,40)(H2,31,34,35). The first kappa shape index (κ1) is 26.1. The number of nitrogens with two attached hydrogens (primary N) is 2. The van der Waals surface area contributed by atoms with Crippen molar-refractivity contribution in [1.29, 1.82) is 0 Å². The molecule has 2 aliphatic rings. The number of pyridine rings is 1. The molecule has 1 fully saturated rings. The Morgan fingerprint density at radius 1 is 1.05 bits per heavy atom. The topological polar surface area (TPSA) is 169 Å². The number of benzene rings is 1. The number of carbonyl (C=O) groups excluding carboxylic acids is 1. The summed E-state index contributed by atoms with van der Waals surface area (Å²) in [6.07, 6.45) is 5.36. The normalized spacial score (nSPS) is 20.5. The molecule has 1 aliphatic carbocycles. The van der Waals surface area contributed by atoms with Gasteiger partial charge >= 0.3 is 0 Å². The second kappa shape index (κ2) is 10.2. The smallest absolute Gasteiger partial charge is 0.286 e. The van der Waals surface area contributed by atoms with E-state index in [0.717, 1.165) is 53.6 Å². The number of nitrogens with zero attached hydrogens (tertiary/aromatic N) is 6. The molecule has 1 aromatic carbocycles. The number of hydrogen-bond donors (Lipinski definition) is 3. The highest BCUT2D eigenvalue weighted by molar-refractivity contribution is 5.94. The van der Waals surface area contributed by atoms with Gasteiger partial charge in [0.05, 0.1) is 24.9 Å². The van der Waals surface area contributed by atoms with Crippen LogP contribution in [-0.4, -0.2) is 52.7 Å². The van der Waals surface area contributed by atoms with E-state index in [9.17, 15) is 14.7 Å². The van der Waals surface area contributed by atoms with Crippen LogP contribution in [-0.2, 0) is 11.3 Å². The van der Waals surface area contributed by atoms with E-state index < -0.39 is 17.6 Å². The maximum absolute atomic E-state index is 13.4. The molecule has 1 aliphatic heterocycles. The molecule has 4 aromatic heterocycles. The fraction of sp³-hybridized carbons (Fsp3) is 0.300. The number of nitrogen functional groups attached to an aromatic ring is 1. The lowest BCUT2D eigenvalue weighted by atomic mass is 9.85. The van der Waals surface area contributed by atoms with Gasteiger partial charge in [-0.1, -0.05) is 30.3 Å². The molecule has 1 unspecified atom stereocenters. The number of fused-ring (bicyclic) bond motifs is 2. The van der Waals surface area contributed by atoms with Crippen LogP contribution in [0.15, 0.2) is 65.8 Å². The Bertz CT molecular complexity index is 1850. The summed E-state index contributed by atoms with van der Waals surface area (Å²) < 4.78 is 11.1. The van der Waals surface area contributed by atoms with Gasteiger partial charge in [0.1, 0.15) is 23.5 Å². The van der Waals surface area contributed by atoms with Crippen LogP contribution in [0, 0.1) is 0 Å². The Morgan fingerprint density at radius 2 is 1.83 bits per heavy atom. The molecule has 42 heavy (non-hydrogen) atoms. The van der Waals surface area contributed by atoms with Gasteiger partial charge in [-0.3, -0.25) is 14.3 Å². The highest BCUT2D eigenvalue weighted by atomic mass is 16.5. The second-order valence-corrected chi connectivity index (χ2v) is 10.8. The summed E-state index contributed by atoms with van der Waals surface area (Å²) in [6.45, 7) is 0.690. The molecule has 7 rings (SSSR count). The SMILES string of the molecule is NC(=O)c1c2n(n(-c3ccccn3)c1=O)CCOC2c1ccc(-c2cc(C3CCC(O)CC3)n3ncnc(N)c23)cc1. The third-order valence-electron chi connectivity index (χ3n) is 8.38. The van der Waals surface area contributed by atoms with E-state index in [1.807, 2.05) is 28.8 Å². The number of aliphatic hydroxyl groups is 1. The minimum Gasteiger partial charge on any atom is -0.393 e. The van der Waals surface area contributed by atoms with E-state index >= 15 is 0 Å². The molecule has 12 nitrogen and oxygen atoms in total. The summed E-state index contributed by atoms with van der Waals surface area (Å²) in [5, 5.41) is 14.5. The van der Waals surface area contributed by atoms with Crippen molar-refractivity contribution in [3.8, 4) is 16.9 Å². The molecule has 214 valence electrons. The fourth-order valence-electron chi connectivity index (χ4n) is 6.39. The summed E-state index contributed by atoms with van der Waals surface area (Å²) in [5.74, 6) is 0.221. The zero-order chi connectivity index (χ0) is 29.0. The Hall–Kier alpha value is -4.81. The lowest BCUT2D eigenvalue weighted by Gasteiger charge is -2.27. The fourth-order valence-corrected chi connectivity index (χ4v) is 6.39. The average molecular weight is 567 g/mol. The van der Waals surface area contributed by atoms with Crippen LogP contribution in [0.2, 0.25) is 0 Å². The lowest BCUT2D eigenvalue weighted by Crippen LogP contribution is -2.28. The van der Waals surface area contributed by atoms with E-state index in [1.165, 1.54) is 11.0 Å². The number of hydrogen-bond acceptors (Lipinski definition) is 8. The number of amides is 1. The predicted octanol–water partition coefficient (Wildman–Crippen LogP) is 2.56. The number of aliphatic hydroxyl groups excluding tert-OH is 1. The molecule has 5 N–H and O–H groups in total. The van der Waals surface area contributed by atoms with E-state index in [0.29, 0.717) is 30.5 Å². The van der Waals surface area contributed by atoms with Crippen molar-refractivity contribution in [2.45, 2.75) is 50.4 Å². The molecule has 0 bridgehead atoms. The van der Waals surface area contributed by atoms with Crippen molar-refractivity contribution in [3.05, 3.63) is 93.9 Å². The molecule has 0 radical (unpaired) electrons. The number of rotatable bonds is 5. The molecule has 1 amide bonds. The summed E-state index contributed by atoms with van der Waals surface area (Å²) in [5.41, 5.74) is 16.2. The van der Waals surface area contributed by atoms with E-state index in [-0.39, 0.29) is 17.6 Å². The number of ether oxygens (including phenoxy) is 1. The Morgan fingerprint density at radius 3 is 2.55 bits per heavy atom. The van der Waals surface area contributed by atoms with Crippen molar-refractivity contribution in [2.75, 3.05) is 12.3 Å². The molecule has 1 saturated carbocycles. The van der Waals surface area contributed by atoms with Crippen LogP contribution < -0.4 is 17.0 Å². The first-order valence-corrected chi connectivity index (χ1v) is 14.0. The average Bonchev–Trinajstić information content (AvgIpc) is 3.54. The van der Waals surface area contributed by atoms with Gasteiger partial charge < -0.3 is 21.3 Å². The van der Waals surface area contributed by atoms with E-state index in [2.05, 4.69) is 21.1 Å². The highest BCUT2D eigenvalue weighted by Gasteiger charge is 2.34. The quantitative estimate of drug-likeness (QED) is 0.292. The Balaban J connectivity index is 1.30. The first-order valence-electron chi connectivity index (χ1n) is 14.0. The minimum absolute atomic E-state index is 0.111. The summed E-state index contributed by atoms with van der Waals surface area (Å²) in [7, 11) is 0. The van der Waals surface area contributed by atoms with Crippen LogP contribution in [0.25, 0.3) is 22.5 Å². The largest absolute Gasteiger partial charge is 0.393 e. The third-order valence-corrected chi connectivity index (χ3v) is 8.38. The molecular formula is C30H30N8O4. The molecule has 12 heteroatoms. The van der Waals surface area contributed by atoms with Crippen molar-refractivity contribution >= 4 is 17.2 Å². The highest BCUT2D eigenvalue weighted by Crippen LogP contribution is 2.39. The maximum Gasteiger partial charge on any atom is 0.286 e. The van der Waals surface area contributed by atoms with Gasteiger partial charge in [-0.05, 0) is 55.0 Å². The zero-order valence-corrected chi connectivity index (χ0v) is 22.8. The van der Waals surface area contributed by atoms with Crippen molar-refractivity contribution in [2.24, 2.45) is 5.73 Å². The van der Waals surface area contributed by atoms with Crippen LogP contribution in [0.4, 0.5) is 5.82 Å². The Kier molecular flexibility index (Phi) is 6.36. The summed E-state index contributed by atoms with van der Waals surface area (Å²) in [6, 6.07) is 15.1. The van der Waals surface area contributed by atoms with Gasteiger partial charge in [-0.25, -0.2) is 14.5 Å². The van der Waals surface area contributed by atoms with Gasteiger partial charge in [0.25, 0.3) is 11.5 Å². The third kappa shape index (κ3) is 4.18. The molecular weight excluding hydrogens is 536 g/mol.